The Hall–Kier alpha value is -1.35. The van der Waals surface area contributed by atoms with Gasteiger partial charge in [0.05, 0.1) is 5.69 Å². The van der Waals surface area contributed by atoms with E-state index in [2.05, 4.69) is 56.1 Å². The molecule has 4 heteroatoms. The smallest absolute Gasteiger partial charge is 0.229 e. The normalized spacial score (nSPS) is 11.2. The first-order valence-corrected chi connectivity index (χ1v) is 6.06. The van der Waals surface area contributed by atoms with Crippen molar-refractivity contribution < 1.29 is 0 Å². The van der Waals surface area contributed by atoms with Gasteiger partial charge in [-0.3, -0.25) is 4.57 Å². The first-order valence-electron chi connectivity index (χ1n) is 5.68. The van der Waals surface area contributed by atoms with Crippen LogP contribution in [-0.4, -0.2) is 14.8 Å². The molecule has 1 heterocycles. The number of benzene rings is 1. The van der Waals surface area contributed by atoms with E-state index in [1.807, 2.05) is 4.57 Å². The molecule has 0 amide bonds. The van der Waals surface area contributed by atoms with Gasteiger partial charge in [-0.2, -0.15) is 0 Å². The Morgan fingerprint density at radius 1 is 1.06 bits per heavy atom. The molecular weight excluding hydrogens is 234 g/mol. The molecule has 0 atom stereocenters. The molecule has 0 saturated carbocycles. The van der Waals surface area contributed by atoms with Gasteiger partial charge >= 0.3 is 0 Å². The number of hydrogen-bond acceptors (Lipinski definition) is 2. The first kappa shape index (κ1) is 12.1. The molecule has 0 fully saturated rings. The highest BCUT2D eigenvalue weighted by atomic mass is 35.5. The molecule has 17 heavy (non-hydrogen) atoms. The second kappa shape index (κ2) is 4.49. The SMILES string of the molecule is Cc1cc(C)cc(-n2c(Cl)nnc2C(C)C)c1. The van der Waals surface area contributed by atoms with Gasteiger partial charge in [0.15, 0.2) is 0 Å². The molecule has 90 valence electrons. The van der Waals surface area contributed by atoms with Crippen molar-refractivity contribution in [2.24, 2.45) is 0 Å². The molecule has 0 radical (unpaired) electrons. The quantitative estimate of drug-likeness (QED) is 0.813. The second-order valence-electron chi connectivity index (χ2n) is 4.66. The number of aryl methyl sites for hydroxylation is 2. The van der Waals surface area contributed by atoms with Crippen molar-refractivity contribution in [3.05, 3.63) is 40.4 Å². The minimum absolute atomic E-state index is 0.288. The van der Waals surface area contributed by atoms with Crippen LogP contribution in [-0.2, 0) is 0 Å². The van der Waals surface area contributed by atoms with Crippen LogP contribution in [0.5, 0.6) is 0 Å². The van der Waals surface area contributed by atoms with E-state index >= 15 is 0 Å². The Labute approximate surface area is 106 Å². The van der Waals surface area contributed by atoms with Gasteiger partial charge in [-0.25, -0.2) is 0 Å². The maximum atomic E-state index is 6.12. The standard InChI is InChI=1S/C13H16ClN3/c1-8(2)12-15-16-13(14)17(12)11-6-9(3)5-10(4)7-11/h5-8H,1-4H3. The maximum Gasteiger partial charge on any atom is 0.229 e. The summed E-state index contributed by atoms with van der Waals surface area (Å²) in [6, 6.07) is 6.32. The summed E-state index contributed by atoms with van der Waals surface area (Å²) >= 11 is 6.12. The minimum Gasteiger partial charge on any atom is -0.270 e. The van der Waals surface area contributed by atoms with E-state index in [0.29, 0.717) is 5.28 Å². The van der Waals surface area contributed by atoms with Gasteiger partial charge in [-0.15, -0.1) is 10.2 Å². The van der Waals surface area contributed by atoms with Crippen LogP contribution in [0.25, 0.3) is 5.69 Å². The monoisotopic (exact) mass is 249 g/mol. The Bertz CT molecular complexity index is 523. The van der Waals surface area contributed by atoms with Gasteiger partial charge in [0.25, 0.3) is 0 Å². The lowest BCUT2D eigenvalue weighted by atomic mass is 10.1. The summed E-state index contributed by atoms with van der Waals surface area (Å²) in [4.78, 5) is 0. The van der Waals surface area contributed by atoms with Crippen LogP contribution in [0.2, 0.25) is 5.28 Å². The molecule has 2 rings (SSSR count). The molecule has 0 aliphatic rings. The summed E-state index contributed by atoms with van der Waals surface area (Å²) in [5.41, 5.74) is 3.44. The van der Waals surface area contributed by atoms with Gasteiger partial charge in [-0.1, -0.05) is 19.9 Å². The van der Waals surface area contributed by atoms with E-state index in [-0.39, 0.29) is 5.92 Å². The van der Waals surface area contributed by atoms with Crippen LogP contribution in [0.1, 0.15) is 36.7 Å². The number of nitrogens with zero attached hydrogens (tertiary/aromatic N) is 3. The van der Waals surface area contributed by atoms with Crippen LogP contribution >= 0.6 is 11.6 Å². The lowest BCUT2D eigenvalue weighted by molar-refractivity contribution is 0.745. The highest BCUT2D eigenvalue weighted by molar-refractivity contribution is 6.28. The number of aromatic nitrogens is 3. The highest BCUT2D eigenvalue weighted by Gasteiger charge is 2.15. The topological polar surface area (TPSA) is 30.7 Å². The lowest BCUT2D eigenvalue weighted by Gasteiger charge is -2.11. The van der Waals surface area contributed by atoms with Gasteiger partial charge < -0.3 is 0 Å². The van der Waals surface area contributed by atoms with E-state index in [1.54, 1.807) is 0 Å². The molecule has 0 bridgehead atoms. The predicted molar refractivity (Wildman–Crippen MR) is 69.9 cm³/mol. The van der Waals surface area contributed by atoms with Crippen molar-refractivity contribution in [2.75, 3.05) is 0 Å². The van der Waals surface area contributed by atoms with Crippen LogP contribution in [0.15, 0.2) is 18.2 Å². The number of hydrogen-bond donors (Lipinski definition) is 0. The zero-order chi connectivity index (χ0) is 12.6. The number of rotatable bonds is 2. The van der Waals surface area contributed by atoms with Crippen LogP contribution in [0.3, 0.4) is 0 Å². The Morgan fingerprint density at radius 2 is 1.65 bits per heavy atom. The summed E-state index contributed by atoms with van der Waals surface area (Å²) in [5, 5.41) is 8.50. The zero-order valence-corrected chi connectivity index (χ0v) is 11.3. The van der Waals surface area contributed by atoms with E-state index < -0.39 is 0 Å². The van der Waals surface area contributed by atoms with Crippen molar-refractivity contribution in [2.45, 2.75) is 33.6 Å². The molecular formula is C13H16ClN3. The highest BCUT2D eigenvalue weighted by Crippen LogP contribution is 2.23. The summed E-state index contributed by atoms with van der Waals surface area (Å²) < 4.78 is 1.91. The average Bonchev–Trinajstić information content (AvgIpc) is 2.58. The van der Waals surface area contributed by atoms with Crippen LogP contribution in [0.4, 0.5) is 0 Å². The summed E-state index contributed by atoms with van der Waals surface area (Å²) in [5.74, 6) is 1.18. The van der Waals surface area contributed by atoms with E-state index in [1.165, 1.54) is 11.1 Å². The van der Waals surface area contributed by atoms with Crippen LogP contribution < -0.4 is 0 Å². The van der Waals surface area contributed by atoms with Gasteiger partial charge in [-0.05, 0) is 48.7 Å². The molecule has 0 spiro atoms. The summed E-state index contributed by atoms with van der Waals surface area (Å²) in [6.45, 7) is 8.31. The molecule has 1 aromatic heterocycles. The molecule has 0 aliphatic carbocycles. The molecule has 1 aromatic carbocycles. The lowest BCUT2D eigenvalue weighted by Crippen LogP contribution is -2.04. The van der Waals surface area contributed by atoms with E-state index in [4.69, 9.17) is 11.6 Å². The second-order valence-corrected chi connectivity index (χ2v) is 5.00. The van der Waals surface area contributed by atoms with E-state index in [0.717, 1.165) is 11.5 Å². The van der Waals surface area contributed by atoms with Crippen molar-refractivity contribution in [3.63, 3.8) is 0 Å². The van der Waals surface area contributed by atoms with Gasteiger partial charge in [0, 0.05) is 5.92 Å². The molecule has 0 N–H and O–H groups in total. The molecule has 3 nitrogen and oxygen atoms in total. The third-order valence-corrected chi connectivity index (χ3v) is 2.87. The fourth-order valence-corrected chi connectivity index (χ4v) is 2.19. The first-order chi connectivity index (χ1) is 7.99. The van der Waals surface area contributed by atoms with Gasteiger partial charge in [0.1, 0.15) is 5.82 Å². The van der Waals surface area contributed by atoms with Crippen molar-refractivity contribution >= 4 is 11.6 Å². The minimum atomic E-state index is 0.288. The summed E-state index contributed by atoms with van der Waals surface area (Å²) in [7, 11) is 0. The average molecular weight is 250 g/mol. The predicted octanol–water partition coefficient (Wildman–Crippen LogP) is 3.66. The summed E-state index contributed by atoms with van der Waals surface area (Å²) in [6.07, 6.45) is 0. The third kappa shape index (κ3) is 2.34. The largest absolute Gasteiger partial charge is 0.270 e. The third-order valence-electron chi connectivity index (χ3n) is 2.63. The Kier molecular flexibility index (Phi) is 3.20. The maximum absolute atomic E-state index is 6.12. The molecule has 2 aromatic rings. The molecule has 0 unspecified atom stereocenters. The van der Waals surface area contributed by atoms with Crippen LogP contribution in [0, 0.1) is 13.8 Å². The zero-order valence-electron chi connectivity index (χ0n) is 10.5. The number of halogens is 1. The molecule has 0 saturated heterocycles. The van der Waals surface area contributed by atoms with E-state index in [9.17, 15) is 0 Å². The Morgan fingerprint density at radius 3 is 2.18 bits per heavy atom. The van der Waals surface area contributed by atoms with Crippen molar-refractivity contribution in [1.29, 1.82) is 0 Å². The van der Waals surface area contributed by atoms with Crippen molar-refractivity contribution in [1.82, 2.24) is 14.8 Å². The Balaban J connectivity index is 2.63. The van der Waals surface area contributed by atoms with Crippen molar-refractivity contribution in [3.8, 4) is 5.69 Å². The fraction of sp³-hybridized carbons (Fsp3) is 0.385. The van der Waals surface area contributed by atoms with Gasteiger partial charge in [0.2, 0.25) is 5.28 Å². The fourth-order valence-electron chi connectivity index (χ4n) is 1.97. The molecule has 0 aliphatic heterocycles.